The van der Waals surface area contributed by atoms with Gasteiger partial charge >= 0.3 is 0 Å². The Morgan fingerprint density at radius 2 is 1.83 bits per heavy atom. The van der Waals surface area contributed by atoms with Gasteiger partial charge in [0.1, 0.15) is 0 Å². The molecule has 1 fully saturated rings. The molecule has 0 aromatic heterocycles. The Bertz CT molecular complexity index is 893. The number of nitro benzene ring substituents is 1. The molecule has 2 aromatic rings. The molecule has 24 heavy (non-hydrogen) atoms. The van der Waals surface area contributed by atoms with Crippen molar-refractivity contribution >= 4 is 51.7 Å². The number of para-hydroxylation sites is 2. The molecule has 0 unspecified atom stereocenters. The Morgan fingerprint density at radius 1 is 1.17 bits per heavy atom. The molecule has 0 saturated carbocycles. The van der Waals surface area contributed by atoms with E-state index in [-0.39, 0.29) is 11.6 Å². The van der Waals surface area contributed by atoms with Crippen LogP contribution in [0.5, 0.6) is 0 Å². The zero-order valence-corrected chi connectivity index (χ0v) is 14.3. The Hall–Kier alpha value is -2.51. The van der Waals surface area contributed by atoms with Crippen LogP contribution in [0, 0.1) is 17.0 Å². The van der Waals surface area contributed by atoms with Gasteiger partial charge in [-0.05, 0) is 30.7 Å². The minimum Gasteiger partial charge on any atom is -0.268 e. The normalized spacial score (nSPS) is 16.0. The zero-order chi connectivity index (χ0) is 17.3. The summed E-state index contributed by atoms with van der Waals surface area (Å²) < 4.78 is 0.416. The smallest absolute Gasteiger partial charge is 0.268 e. The van der Waals surface area contributed by atoms with E-state index in [1.807, 2.05) is 31.2 Å². The number of anilines is 1. The number of rotatable bonds is 3. The summed E-state index contributed by atoms with van der Waals surface area (Å²) in [5, 5.41) is 11.1. The second-order valence-corrected chi connectivity index (χ2v) is 6.80. The number of thiocarbonyl (C=S) groups is 1. The van der Waals surface area contributed by atoms with E-state index in [2.05, 4.69) is 0 Å². The number of thioether (sulfide) groups is 1. The molecule has 1 heterocycles. The maximum atomic E-state index is 12.7. The van der Waals surface area contributed by atoms with Crippen LogP contribution < -0.4 is 4.90 Å². The zero-order valence-electron chi connectivity index (χ0n) is 12.6. The third-order valence-electron chi connectivity index (χ3n) is 3.57. The molecule has 1 saturated heterocycles. The summed E-state index contributed by atoms with van der Waals surface area (Å²) in [4.78, 5) is 25.2. The van der Waals surface area contributed by atoms with Crippen molar-refractivity contribution in [2.24, 2.45) is 0 Å². The molecular formula is C17H12N2O3S2. The van der Waals surface area contributed by atoms with E-state index in [0.29, 0.717) is 14.8 Å². The Kier molecular flexibility index (Phi) is 4.46. The molecule has 0 N–H and O–H groups in total. The van der Waals surface area contributed by atoms with Gasteiger partial charge in [-0.25, -0.2) is 0 Å². The highest BCUT2D eigenvalue weighted by atomic mass is 32.2. The molecule has 0 spiro atoms. The van der Waals surface area contributed by atoms with Gasteiger partial charge in [-0.3, -0.25) is 19.8 Å². The SMILES string of the molecule is Cc1ccccc1N1C(=O)/C(=C/c2ccccc2[N+](=O)[O-])SC1=S. The summed E-state index contributed by atoms with van der Waals surface area (Å²) in [5.74, 6) is -0.266. The number of benzene rings is 2. The summed E-state index contributed by atoms with van der Waals surface area (Å²) in [6, 6.07) is 13.8. The van der Waals surface area contributed by atoms with Gasteiger partial charge in [0.15, 0.2) is 4.32 Å². The van der Waals surface area contributed by atoms with Crippen LogP contribution in [-0.2, 0) is 4.79 Å². The van der Waals surface area contributed by atoms with Crippen molar-refractivity contribution in [2.45, 2.75) is 6.92 Å². The number of nitro groups is 1. The van der Waals surface area contributed by atoms with Crippen molar-refractivity contribution in [3.8, 4) is 0 Å². The second kappa shape index (κ2) is 6.54. The third-order valence-corrected chi connectivity index (χ3v) is 4.87. The number of nitrogens with zero attached hydrogens (tertiary/aromatic N) is 2. The molecule has 0 atom stereocenters. The summed E-state index contributed by atoms with van der Waals surface area (Å²) >= 11 is 6.48. The molecule has 0 bridgehead atoms. The molecule has 3 rings (SSSR count). The monoisotopic (exact) mass is 356 g/mol. The van der Waals surface area contributed by atoms with Crippen LogP contribution in [0.1, 0.15) is 11.1 Å². The van der Waals surface area contributed by atoms with Gasteiger partial charge in [0.05, 0.1) is 21.1 Å². The van der Waals surface area contributed by atoms with E-state index in [9.17, 15) is 14.9 Å². The lowest BCUT2D eigenvalue weighted by Gasteiger charge is -2.16. The van der Waals surface area contributed by atoms with Crippen LogP contribution in [0.25, 0.3) is 6.08 Å². The fourth-order valence-electron chi connectivity index (χ4n) is 2.41. The van der Waals surface area contributed by atoms with Gasteiger partial charge in [-0.1, -0.05) is 54.3 Å². The second-order valence-electron chi connectivity index (χ2n) is 5.12. The van der Waals surface area contributed by atoms with Crippen LogP contribution in [0.3, 0.4) is 0 Å². The van der Waals surface area contributed by atoms with Crippen LogP contribution >= 0.6 is 24.0 Å². The maximum absolute atomic E-state index is 12.7. The quantitative estimate of drug-likeness (QED) is 0.355. The van der Waals surface area contributed by atoms with E-state index in [1.165, 1.54) is 17.0 Å². The van der Waals surface area contributed by atoms with E-state index in [1.54, 1.807) is 18.2 Å². The number of hydrogen-bond donors (Lipinski definition) is 0. The standard InChI is InChI=1S/C17H12N2O3S2/c1-11-6-2-4-8-13(11)18-16(20)15(24-17(18)23)10-12-7-3-5-9-14(12)19(21)22/h2-10H,1H3/b15-10-. The first kappa shape index (κ1) is 16.4. The molecule has 120 valence electrons. The molecule has 5 nitrogen and oxygen atoms in total. The van der Waals surface area contributed by atoms with Crippen LogP contribution in [0.15, 0.2) is 53.4 Å². The van der Waals surface area contributed by atoms with Crippen molar-refractivity contribution in [2.75, 3.05) is 4.90 Å². The number of aryl methyl sites for hydroxylation is 1. The first-order valence-corrected chi connectivity index (χ1v) is 8.28. The fourth-order valence-corrected chi connectivity index (χ4v) is 3.68. The molecule has 7 heteroatoms. The van der Waals surface area contributed by atoms with Gasteiger partial charge in [0.25, 0.3) is 11.6 Å². The van der Waals surface area contributed by atoms with Gasteiger partial charge in [0, 0.05) is 6.07 Å². The Labute approximate surface area is 148 Å². The lowest BCUT2D eigenvalue weighted by Crippen LogP contribution is -2.28. The highest BCUT2D eigenvalue weighted by molar-refractivity contribution is 8.27. The molecule has 1 aliphatic heterocycles. The topological polar surface area (TPSA) is 63.5 Å². The van der Waals surface area contributed by atoms with E-state index in [0.717, 1.165) is 23.0 Å². The first-order chi connectivity index (χ1) is 11.5. The van der Waals surface area contributed by atoms with Crippen molar-refractivity contribution < 1.29 is 9.72 Å². The largest absolute Gasteiger partial charge is 0.276 e. The maximum Gasteiger partial charge on any atom is 0.276 e. The highest BCUT2D eigenvalue weighted by Gasteiger charge is 2.34. The average Bonchev–Trinajstić information content (AvgIpc) is 2.82. The van der Waals surface area contributed by atoms with E-state index >= 15 is 0 Å². The molecule has 1 aliphatic rings. The minimum absolute atomic E-state index is 0.0429. The van der Waals surface area contributed by atoms with Gasteiger partial charge < -0.3 is 0 Å². The average molecular weight is 356 g/mol. The molecule has 1 amide bonds. The summed E-state index contributed by atoms with van der Waals surface area (Å²) in [5.41, 5.74) is 2.00. The first-order valence-electron chi connectivity index (χ1n) is 7.06. The van der Waals surface area contributed by atoms with Crippen LogP contribution in [-0.4, -0.2) is 15.2 Å². The van der Waals surface area contributed by atoms with E-state index < -0.39 is 4.92 Å². The van der Waals surface area contributed by atoms with Gasteiger partial charge in [0.2, 0.25) is 0 Å². The lowest BCUT2D eigenvalue weighted by molar-refractivity contribution is -0.385. The number of amides is 1. The number of carbonyl (C=O) groups is 1. The van der Waals surface area contributed by atoms with Gasteiger partial charge in [-0.15, -0.1) is 0 Å². The van der Waals surface area contributed by atoms with Crippen LogP contribution in [0.4, 0.5) is 11.4 Å². The summed E-state index contributed by atoms with van der Waals surface area (Å²) in [6.07, 6.45) is 1.52. The van der Waals surface area contributed by atoms with E-state index in [4.69, 9.17) is 12.2 Å². The molecule has 0 radical (unpaired) electrons. The summed E-state index contributed by atoms with van der Waals surface area (Å²) in [7, 11) is 0. The third kappa shape index (κ3) is 2.95. The molecular weight excluding hydrogens is 344 g/mol. The Balaban J connectivity index is 2.01. The minimum atomic E-state index is -0.464. The van der Waals surface area contributed by atoms with Crippen molar-refractivity contribution in [3.05, 3.63) is 74.7 Å². The summed E-state index contributed by atoms with van der Waals surface area (Å²) in [6.45, 7) is 1.90. The highest BCUT2D eigenvalue weighted by Crippen LogP contribution is 2.38. The van der Waals surface area contributed by atoms with Crippen molar-refractivity contribution in [1.82, 2.24) is 0 Å². The van der Waals surface area contributed by atoms with Crippen molar-refractivity contribution in [3.63, 3.8) is 0 Å². The fraction of sp³-hybridized carbons (Fsp3) is 0.0588. The lowest BCUT2D eigenvalue weighted by atomic mass is 10.1. The Morgan fingerprint density at radius 3 is 2.54 bits per heavy atom. The molecule has 2 aromatic carbocycles. The van der Waals surface area contributed by atoms with Gasteiger partial charge in [-0.2, -0.15) is 0 Å². The predicted octanol–water partition coefficient (Wildman–Crippen LogP) is 4.31. The van der Waals surface area contributed by atoms with Crippen LogP contribution in [0.2, 0.25) is 0 Å². The number of carbonyl (C=O) groups excluding carboxylic acids is 1. The predicted molar refractivity (Wildman–Crippen MR) is 99.9 cm³/mol. The molecule has 0 aliphatic carbocycles. The number of hydrogen-bond acceptors (Lipinski definition) is 5. The van der Waals surface area contributed by atoms with Crippen molar-refractivity contribution in [1.29, 1.82) is 0 Å².